The summed E-state index contributed by atoms with van der Waals surface area (Å²) in [4.78, 5) is 40.9. The number of phenolic OH excluding ortho intramolecular Hbond substituents is 2. The van der Waals surface area contributed by atoms with Crippen molar-refractivity contribution in [3.63, 3.8) is 0 Å². The molecule has 2 aromatic carbocycles. The van der Waals surface area contributed by atoms with Gasteiger partial charge in [-0.25, -0.2) is 4.79 Å². The molecular formula is C20H15NO6. The van der Waals surface area contributed by atoms with Crippen molar-refractivity contribution in [1.82, 2.24) is 4.98 Å². The van der Waals surface area contributed by atoms with Crippen LogP contribution in [-0.2, 0) is 4.74 Å². The Balaban J connectivity index is 2.12. The van der Waals surface area contributed by atoms with Crippen LogP contribution in [0.2, 0.25) is 0 Å². The molecule has 7 heteroatoms. The van der Waals surface area contributed by atoms with E-state index in [0.717, 1.165) is 0 Å². The van der Waals surface area contributed by atoms with Gasteiger partial charge in [-0.2, -0.15) is 0 Å². The van der Waals surface area contributed by atoms with Crippen molar-refractivity contribution in [2.24, 2.45) is 0 Å². The SMILES string of the molecule is CCOC(=O)c1c(C)[nH]c2c(O)c3c(c(O)c12)C(=O)c1ccccc1C3=O. The number of H-pyrrole nitrogens is 1. The molecule has 27 heavy (non-hydrogen) atoms. The third-order valence-electron chi connectivity index (χ3n) is 4.73. The molecule has 1 aliphatic rings. The highest BCUT2D eigenvalue weighted by atomic mass is 16.5. The van der Waals surface area contributed by atoms with Gasteiger partial charge in [0.25, 0.3) is 0 Å². The molecule has 1 heterocycles. The molecule has 0 fully saturated rings. The summed E-state index contributed by atoms with van der Waals surface area (Å²) in [5.41, 5.74) is 0.0586. The lowest BCUT2D eigenvalue weighted by atomic mass is 9.82. The summed E-state index contributed by atoms with van der Waals surface area (Å²) in [7, 11) is 0. The summed E-state index contributed by atoms with van der Waals surface area (Å²) in [6.07, 6.45) is 0. The molecule has 3 aromatic rings. The van der Waals surface area contributed by atoms with Gasteiger partial charge < -0.3 is 19.9 Å². The van der Waals surface area contributed by atoms with Crippen LogP contribution in [0.3, 0.4) is 0 Å². The van der Waals surface area contributed by atoms with Crippen molar-refractivity contribution in [3.05, 3.63) is 57.8 Å². The fourth-order valence-corrected chi connectivity index (χ4v) is 3.58. The third-order valence-corrected chi connectivity index (χ3v) is 4.73. The topological polar surface area (TPSA) is 117 Å². The highest BCUT2D eigenvalue weighted by Gasteiger charge is 2.38. The number of carbonyl (C=O) groups is 3. The number of rotatable bonds is 2. The normalized spacial score (nSPS) is 12.8. The van der Waals surface area contributed by atoms with E-state index in [9.17, 15) is 24.6 Å². The summed E-state index contributed by atoms with van der Waals surface area (Å²) >= 11 is 0. The van der Waals surface area contributed by atoms with Gasteiger partial charge in [0.15, 0.2) is 17.3 Å². The number of ketones is 2. The van der Waals surface area contributed by atoms with Crippen LogP contribution in [-0.4, -0.2) is 39.3 Å². The van der Waals surface area contributed by atoms with Gasteiger partial charge in [0.05, 0.1) is 34.2 Å². The van der Waals surface area contributed by atoms with Gasteiger partial charge in [-0.3, -0.25) is 9.59 Å². The molecule has 0 amide bonds. The summed E-state index contributed by atoms with van der Waals surface area (Å²) in [5.74, 6) is -2.88. The minimum absolute atomic E-state index is 0.00679. The van der Waals surface area contributed by atoms with E-state index in [0.29, 0.717) is 5.69 Å². The molecule has 0 unspecified atom stereocenters. The van der Waals surface area contributed by atoms with Crippen LogP contribution in [0.15, 0.2) is 24.3 Å². The van der Waals surface area contributed by atoms with Crippen molar-refractivity contribution >= 4 is 28.4 Å². The van der Waals surface area contributed by atoms with Gasteiger partial charge in [-0.15, -0.1) is 0 Å². The van der Waals surface area contributed by atoms with Crippen molar-refractivity contribution in [2.45, 2.75) is 13.8 Å². The molecule has 1 aromatic heterocycles. The Morgan fingerprint density at radius 3 is 2.15 bits per heavy atom. The van der Waals surface area contributed by atoms with Crippen LogP contribution in [0, 0.1) is 6.92 Å². The minimum atomic E-state index is -0.703. The Morgan fingerprint density at radius 2 is 1.59 bits per heavy atom. The van der Waals surface area contributed by atoms with E-state index in [1.165, 1.54) is 12.1 Å². The Kier molecular flexibility index (Phi) is 3.56. The molecule has 1 aliphatic carbocycles. The smallest absolute Gasteiger partial charge is 0.340 e. The molecule has 7 nitrogen and oxygen atoms in total. The first kappa shape index (κ1) is 16.8. The van der Waals surface area contributed by atoms with E-state index in [1.807, 2.05) is 0 Å². The predicted molar refractivity (Wildman–Crippen MR) is 95.6 cm³/mol. The Labute approximate surface area is 153 Å². The zero-order chi connectivity index (χ0) is 19.5. The van der Waals surface area contributed by atoms with Gasteiger partial charge in [0.2, 0.25) is 0 Å². The molecule has 0 saturated heterocycles. The highest BCUT2D eigenvalue weighted by Crippen LogP contribution is 2.46. The van der Waals surface area contributed by atoms with Gasteiger partial charge >= 0.3 is 5.97 Å². The molecule has 0 aliphatic heterocycles. The summed E-state index contributed by atoms with van der Waals surface area (Å²) in [6.45, 7) is 3.33. The predicted octanol–water partition coefficient (Wildman–Crippen LogP) is 2.84. The quantitative estimate of drug-likeness (QED) is 0.371. The molecule has 136 valence electrons. The lowest BCUT2D eigenvalue weighted by Gasteiger charge is -2.20. The average Bonchev–Trinajstić information content (AvgIpc) is 3.00. The molecular weight excluding hydrogens is 350 g/mol. The molecule has 0 spiro atoms. The lowest BCUT2D eigenvalue weighted by Crippen LogP contribution is -2.21. The average molecular weight is 365 g/mol. The first-order valence-corrected chi connectivity index (χ1v) is 8.34. The van der Waals surface area contributed by atoms with Crippen LogP contribution in [0.5, 0.6) is 11.5 Å². The van der Waals surface area contributed by atoms with E-state index in [-0.39, 0.29) is 45.3 Å². The van der Waals surface area contributed by atoms with Crippen molar-refractivity contribution in [1.29, 1.82) is 0 Å². The van der Waals surface area contributed by atoms with Crippen molar-refractivity contribution in [2.75, 3.05) is 6.61 Å². The number of ether oxygens (including phenoxy) is 1. The third kappa shape index (κ3) is 2.11. The number of hydrogen-bond acceptors (Lipinski definition) is 6. The first-order valence-electron chi connectivity index (χ1n) is 8.34. The Bertz CT molecular complexity index is 1170. The number of hydrogen-bond donors (Lipinski definition) is 3. The second-order valence-corrected chi connectivity index (χ2v) is 6.25. The molecule has 4 rings (SSSR count). The van der Waals surface area contributed by atoms with Crippen LogP contribution in [0.4, 0.5) is 0 Å². The standard InChI is InChI=1S/C20H15NO6/c1-3-27-20(26)11-8(2)21-15-12(11)18(24)13-14(19(15)25)17(23)10-7-5-4-6-9(10)16(13)22/h4-7,21,24-25H,3H2,1-2H3. The highest BCUT2D eigenvalue weighted by molar-refractivity contribution is 6.33. The first-order chi connectivity index (χ1) is 12.9. The summed E-state index contributed by atoms with van der Waals surface area (Å²) in [5, 5.41) is 21.5. The minimum Gasteiger partial charge on any atom is -0.506 e. The number of phenols is 2. The zero-order valence-corrected chi connectivity index (χ0v) is 14.5. The van der Waals surface area contributed by atoms with Crippen molar-refractivity contribution < 1.29 is 29.3 Å². The lowest BCUT2D eigenvalue weighted by molar-refractivity contribution is 0.0527. The van der Waals surface area contributed by atoms with E-state index in [1.54, 1.807) is 26.0 Å². The molecule has 3 N–H and O–H groups in total. The summed E-state index contributed by atoms with van der Waals surface area (Å²) in [6, 6.07) is 6.19. The van der Waals surface area contributed by atoms with Crippen molar-refractivity contribution in [3.8, 4) is 11.5 Å². The fraction of sp³-hybridized carbons (Fsp3) is 0.150. The number of nitrogens with one attached hydrogen (secondary N) is 1. The Hall–Kier alpha value is -3.61. The fourth-order valence-electron chi connectivity index (χ4n) is 3.58. The molecule has 0 radical (unpaired) electrons. The summed E-state index contributed by atoms with van der Waals surface area (Å²) < 4.78 is 5.01. The van der Waals surface area contributed by atoms with E-state index < -0.39 is 29.0 Å². The van der Waals surface area contributed by atoms with E-state index in [4.69, 9.17) is 4.74 Å². The molecule has 0 atom stereocenters. The number of aromatic nitrogens is 1. The largest absolute Gasteiger partial charge is 0.506 e. The van der Waals surface area contributed by atoms with Crippen LogP contribution < -0.4 is 0 Å². The van der Waals surface area contributed by atoms with Gasteiger partial charge in [0, 0.05) is 16.8 Å². The molecule has 0 saturated carbocycles. The van der Waals surface area contributed by atoms with E-state index >= 15 is 0 Å². The van der Waals surface area contributed by atoms with Gasteiger partial charge in [-0.05, 0) is 13.8 Å². The number of aromatic amines is 1. The number of fused-ring (bicyclic) bond motifs is 3. The molecule has 0 bridgehead atoms. The van der Waals surface area contributed by atoms with Gasteiger partial charge in [0.1, 0.15) is 5.75 Å². The van der Waals surface area contributed by atoms with Crippen LogP contribution in [0.25, 0.3) is 10.9 Å². The maximum Gasteiger partial charge on any atom is 0.340 e. The monoisotopic (exact) mass is 365 g/mol. The zero-order valence-electron chi connectivity index (χ0n) is 14.5. The Morgan fingerprint density at radius 1 is 1.04 bits per heavy atom. The number of carbonyl (C=O) groups excluding carboxylic acids is 3. The number of aromatic hydroxyl groups is 2. The van der Waals surface area contributed by atoms with Gasteiger partial charge in [-0.1, -0.05) is 24.3 Å². The van der Waals surface area contributed by atoms with Crippen LogP contribution in [0.1, 0.15) is 54.8 Å². The van der Waals surface area contributed by atoms with E-state index in [2.05, 4.69) is 4.98 Å². The maximum atomic E-state index is 12.9. The number of aryl methyl sites for hydroxylation is 1. The van der Waals surface area contributed by atoms with Crippen LogP contribution >= 0.6 is 0 Å². The second-order valence-electron chi connectivity index (χ2n) is 6.25. The number of benzene rings is 2. The maximum absolute atomic E-state index is 12.9. The second kappa shape index (κ2) is 5.70. The number of esters is 1.